The first-order valence-corrected chi connectivity index (χ1v) is 5.20. The Morgan fingerprint density at radius 1 is 1.31 bits per heavy atom. The highest BCUT2D eigenvalue weighted by Crippen LogP contribution is 2.12. The van der Waals surface area contributed by atoms with Crippen LogP contribution >= 0.6 is 11.6 Å². The van der Waals surface area contributed by atoms with E-state index in [1.807, 2.05) is 18.2 Å². The van der Waals surface area contributed by atoms with E-state index >= 15 is 0 Å². The zero-order chi connectivity index (χ0) is 9.52. The van der Waals surface area contributed by atoms with Crippen molar-refractivity contribution in [3.05, 3.63) is 41.5 Å². The van der Waals surface area contributed by atoms with Gasteiger partial charge in [-0.15, -0.1) is 11.6 Å². The van der Waals surface area contributed by atoms with Gasteiger partial charge in [-0.1, -0.05) is 55.3 Å². The SMILES string of the molecule is CCCC(=Cc1ccccc1)CCl. The van der Waals surface area contributed by atoms with Crippen LogP contribution < -0.4 is 0 Å². The molecule has 70 valence electrons. The zero-order valence-corrected chi connectivity index (χ0v) is 8.72. The molecule has 0 heterocycles. The predicted octanol–water partition coefficient (Wildman–Crippen LogP) is 4.11. The highest BCUT2D eigenvalue weighted by atomic mass is 35.5. The fraction of sp³-hybridized carbons (Fsp3) is 0.333. The minimum absolute atomic E-state index is 0.642. The molecule has 1 aromatic carbocycles. The largest absolute Gasteiger partial charge is 0.122 e. The van der Waals surface area contributed by atoms with Crippen LogP contribution in [0, 0.1) is 0 Å². The van der Waals surface area contributed by atoms with Crippen LogP contribution in [-0.2, 0) is 0 Å². The third-order valence-corrected chi connectivity index (χ3v) is 2.26. The first-order valence-electron chi connectivity index (χ1n) is 4.67. The molecule has 0 spiro atoms. The van der Waals surface area contributed by atoms with E-state index in [4.69, 9.17) is 11.6 Å². The van der Waals surface area contributed by atoms with Gasteiger partial charge in [-0.25, -0.2) is 0 Å². The van der Waals surface area contributed by atoms with E-state index in [2.05, 4.69) is 25.1 Å². The van der Waals surface area contributed by atoms with Gasteiger partial charge < -0.3 is 0 Å². The zero-order valence-electron chi connectivity index (χ0n) is 7.96. The standard InChI is InChI=1S/C12H15Cl/c1-2-6-12(10-13)9-11-7-4-3-5-8-11/h3-5,7-9H,2,6,10H2,1H3. The van der Waals surface area contributed by atoms with Crippen molar-refractivity contribution in [1.82, 2.24) is 0 Å². The number of rotatable bonds is 4. The Morgan fingerprint density at radius 2 is 2.00 bits per heavy atom. The van der Waals surface area contributed by atoms with Gasteiger partial charge >= 0.3 is 0 Å². The summed E-state index contributed by atoms with van der Waals surface area (Å²) < 4.78 is 0. The third kappa shape index (κ3) is 3.65. The van der Waals surface area contributed by atoms with Crippen LogP contribution in [0.5, 0.6) is 0 Å². The fourth-order valence-electron chi connectivity index (χ4n) is 1.28. The monoisotopic (exact) mass is 194 g/mol. The highest BCUT2D eigenvalue weighted by molar-refractivity contribution is 6.19. The third-order valence-electron chi connectivity index (χ3n) is 1.91. The Kier molecular flexibility index (Phi) is 4.63. The van der Waals surface area contributed by atoms with E-state index in [0.29, 0.717) is 5.88 Å². The number of halogens is 1. The molecular formula is C12H15Cl. The normalized spacial score (nSPS) is 11.7. The maximum atomic E-state index is 5.83. The number of benzene rings is 1. The van der Waals surface area contributed by atoms with Crippen molar-refractivity contribution in [3.63, 3.8) is 0 Å². The van der Waals surface area contributed by atoms with Crippen molar-refractivity contribution >= 4 is 17.7 Å². The summed E-state index contributed by atoms with van der Waals surface area (Å²) in [7, 11) is 0. The van der Waals surface area contributed by atoms with E-state index in [0.717, 1.165) is 12.8 Å². The van der Waals surface area contributed by atoms with Crippen molar-refractivity contribution in [2.45, 2.75) is 19.8 Å². The molecule has 0 aromatic heterocycles. The lowest BCUT2D eigenvalue weighted by molar-refractivity contribution is 0.913. The van der Waals surface area contributed by atoms with Crippen LogP contribution in [-0.4, -0.2) is 5.88 Å². The van der Waals surface area contributed by atoms with Gasteiger partial charge in [0.2, 0.25) is 0 Å². The second kappa shape index (κ2) is 5.82. The summed E-state index contributed by atoms with van der Waals surface area (Å²) in [5.41, 5.74) is 2.56. The minimum Gasteiger partial charge on any atom is -0.122 e. The smallest absolute Gasteiger partial charge is 0.0436 e. The van der Waals surface area contributed by atoms with E-state index < -0.39 is 0 Å². The molecule has 0 N–H and O–H groups in total. The van der Waals surface area contributed by atoms with Crippen molar-refractivity contribution < 1.29 is 0 Å². The number of allylic oxidation sites excluding steroid dienone is 1. The molecule has 0 amide bonds. The molecule has 0 aliphatic heterocycles. The average molecular weight is 195 g/mol. The van der Waals surface area contributed by atoms with Crippen molar-refractivity contribution in [1.29, 1.82) is 0 Å². The average Bonchev–Trinajstić information content (AvgIpc) is 2.19. The number of hydrogen-bond donors (Lipinski definition) is 0. The molecule has 0 fully saturated rings. The molecule has 0 bridgehead atoms. The van der Waals surface area contributed by atoms with Gasteiger partial charge in [-0.05, 0) is 12.0 Å². The van der Waals surface area contributed by atoms with E-state index in [9.17, 15) is 0 Å². The van der Waals surface area contributed by atoms with E-state index in [1.165, 1.54) is 11.1 Å². The molecule has 0 atom stereocenters. The Balaban J connectivity index is 2.73. The van der Waals surface area contributed by atoms with Crippen LogP contribution in [0.4, 0.5) is 0 Å². The predicted molar refractivity (Wildman–Crippen MR) is 60.0 cm³/mol. The van der Waals surface area contributed by atoms with Crippen LogP contribution in [0.3, 0.4) is 0 Å². The van der Waals surface area contributed by atoms with Gasteiger partial charge in [-0.2, -0.15) is 0 Å². The second-order valence-electron chi connectivity index (χ2n) is 3.10. The number of alkyl halides is 1. The lowest BCUT2D eigenvalue weighted by atomic mass is 10.1. The Bertz CT molecular complexity index is 262. The van der Waals surface area contributed by atoms with Gasteiger partial charge in [0.15, 0.2) is 0 Å². The molecule has 1 rings (SSSR count). The maximum absolute atomic E-state index is 5.83. The van der Waals surface area contributed by atoms with Crippen LogP contribution in [0.1, 0.15) is 25.3 Å². The van der Waals surface area contributed by atoms with E-state index in [-0.39, 0.29) is 0 Å². The van der Waals surface area contributed by atoms with Gasteiger partial charge in [0.05, 0.1) is 0 Å². The lowest BCUT2D eigenvalue weighted by Crippen LogP contribution is -1.84. The van der Waals surface area contributed by atoms with Crippen molar-refractivity contribution in [2.75, 3.05) is 5.88 Å². The summed E-state index contributed by atoms with van der Waals surface area (Å²) in [6, 6.07) is 10.3. The van der Waals surface area contributed by atoms with Crippen molar-refractivity contribution in [3.8, 4) is 0 Å². The fourth-order valence-corrected chi connectivity index (χ4v) is 1.49. The molecule has 0 aliphatic rings. The first-order chi connectivity index (χ1) is 6.36. The van der Waals surface area contributed by atoms with Gasteiger partial charge in [0.1, 0.15) is 0 Å². The molecule has 0 unspecified atom stereocenters. The molecule has 0 radical (unpaired) electrons. The summed E-state index contributed by atoms with van der Waals surface area (Å²) in [6.07, 6.45) is 4.43. The quantitative estimate of drug-likeness (QED) is 0.633. The summed E-state index contributed by atoms with van der Waals surface area (Å²) in [5, 5.41) is 0. The molecule has 1 aromatic rings. The minimum atomic E-state index is 0.642. The number of hydrogen-bond acceptors (Lipinski definition) is 0. The molecule has 0 nitrogen and oxygen atoms in total. The summed E-state index contributed by atoms with van der Waals surface area (Å²) in [4.78, 5) is 0. The maximum Gasteiger partial charge on any atom is 0.0436 e. The Labute approximate surface area is 85.2 Å². The first kappa shape index (κ1) is 10.3. The summed E-state index contributed by atoms with van der Waals surface area (Å²) >= 11 is 5.83. The molecule has 13 heavy (non-hydrogen) atoms. The van der Waals surface area contributed by atoms with Crippen LogP contribution in [0.2, 0.25) is 0 Å². The van der Waals surface area contributed by atoms with Crippen LogP contribution in [0.25, 0.3) is 6.08 Å². The second-order valence-corrected chi connectivity index (χ2v) is 3.36. The molecule has 1 heteroatoms. The topological polar surface area (TPSA) is 0 Å². The summed E-state index contributed by atoms with van der Waals surface area (Å²) in [6.45, 7) is 2.17. The molecule has 0 saturated heterocycles. The Hall–Kier alpha value is -0.750. The van der Waals surface area contributed by atoms with Crippen LogP contribution in [0.15, 0.2) is 35.9 Å². The molecule has 0 saturated carbocycles. The molecule has 0 aliphatic carbocycles. The van der Waals surface area contributed by atoms with Crippen molar-refractivity contribution in [2.24, 2.45) is 0 Å². The van der Waals surface area contributed by atoms with Gasteiger partial charge in [0, 0.05) is 5.88 Å². The van der Waals surface area contributed by atoms with Gasteiger partial charge in [-0.3, -0.25) is 0 Å². The van der Waals surface area contributed by atoms with Gasteiger partial charge in [0.25, 0.3) is 0 Å². The van der Waals surface area contributed by atoms with E-state index in [1.54, 1.807) is 0 Å². The Morgan fingerprint density at radius 3 is 2.54 bits per heavy atom. The lowest BCUT2D eigenvalue weighted by Gasteiger charge is -2.00. The highest BCUT2D eigenvalue weighted by Gasteiger charge is 1.93. The summed E-state index contributed by atoms with van der Waals surface area (Å²) in [5.74, 6) is 0.642. The molecular weight excluding hydrogens is 180 g/mol.